The van der Waals surface area contributed by atoms with E-state index >= 15 is 0 Å². The number of carbonyl (C=O) groups is 2. The van der Waals surface area contributed by atoms with Crippen molar-refractivity contribution in [2.75, 3.05) is 0 Å². The predicted molar refractivity (Wildman–Crippen MR) is 66.6 cm³/mol. The topological polar surface area (TPSA) is 79.5 Å². The molecular weight excluding hydrogens is 234 g/mol. The van der Waals surface area contributed by atoms with Crippen LogP contribution < -0.4 is 5.32 Å². The van der Waals surface area contributed by atoms with Gasteiger partial charge in [-0.3, -0.25) is 9.59 Å². The van der Waals surface area contributed by atoms with Gasteiger partial charge in [0.2, 0.25) is 0 Å². The third-order valence-electron chi connectivity index (χ3n) is 2.70. The maximum atomic E-state index is 12.0. The first-order valence-corrected chi connectivity index (χ1v) is 5.82. The van der Waals surface area contributed by atoms with E-state index in [1.54, 1.807) is 33.8 Å². The number of aryl methyl sites for hydroxylation is 2. The fourth-order valence-corrected chi connectivity index (χ4v) is 1.71. The van der Waals surface area contributed by atoms with Gasteiger partial charge in [-0.15, -0.1) is 0 Å². The Morgan fingerprint density at radius 1 is 1.39 bits per heavy atom. The average molecular weight is 253 g/mol. The molecule has 100 valence electrons. The van der Waals surface area contributed by atoms with Crippen molar-refractivity contribution in [2.45, 2.75) is 46.1 Å². The molecule has 0 aromatic carbocycles. The van der Waals surface area contributed by atoms with Crippen LogP contribution in [0.15, 0.2) is 10.5 Å². The Morgan fingerprint density at radius 3 is 2.44 bits per heavy atom. The number of carboxylic acid groups (broad SMARTS) is 1. The normalized spacial score (nSPS) is 11.3. The summed E-state index contributed by atoms with van der Waals surface area (Å²) in [6, 6.07) is 1.68. The molecule has 0 saturated carbocycles. The number of hydrogen-bond donors (Lipinski definition) is 2. The zero-order valence-electron chi connectivity index (χ0n) is 11.2. The zero-order chi connectivity index (χ0) is 13.9. The highest BCUT2D eigenvalue weighted by Gasteiger charge is 2.24. The molecule has 0 bridgehead atoms. The number of rotatable bonds is 5. The van der Waals surface area contributed by atoms with Crippen LogP contribution in [0.4, 0.5) is 0 Å². The first-order valence-electron chi connectivity index (χ1n) is 5.82. The second-order valence-corrected chi connectivity index (χ2v) is 5.06. The van der Waals surface area contributed by atoms with E-state index in [4.69, 9.17) is 9.52 Å². The van der Waals surface area contributed by atoms with Gasteiger partial charge < -0.3 is 14.8 Å². The molecule has 0 fully saturated rings. The summed E-state index contributed by atoms with van der Waals surface area (Å²) in [6.07, 6.45) is 0.403. The SMILES string of the molecule is Cc1cc(C(=O)NC(C)(C)CCC(=O)O)c(C)o1. The van der Waals surface area contributed by atoms with Crippen LogP contribution in [-0.4, -0.2) is 22.5 Å². The van der Waals surface area contributed by atoms with Crippen LogP contribution in [-0.2, 0) is 4.79 Å². The second-order valence-electron chi connectivity index (χ2n) is 5.06. The lowest BCUT2D eigenvalue weighted by Gasteiger charge is -2.25. The molecule has 5 heteroatoms. The van der Waals surface area contributed by atoms with Crippen molar-refractivity contribution in [3.63, 3.8) is 0 Å². The van der Waals surface area contributed by atoms with Crippen molar-refractivity contribution >= 4 is 11.9 Å². The Hall–Kier alpha value is -1.78. The van der Waals surface area contributed by atoms with E-state index in [1.807, 2.05) is 0 Å². The van der Waals surface area contributed by atoms with E-state index in [9.17, 15) is 9.59 Å². The van der Waals surface area contributed by atoms with E-state index in [2.05, 4.69) is 5.32 Å². The third-order valence-corrected chi connectivity index (χ3v) is 2.70. The van der Waals surface area contributed by atoms with Crippen LogP contribution >= 0.6 is 0 Å². The predicted octanol–water partition coefficient (Wildman–Crippen LogP) is 2.27. The number of nitrogens with one attached hydrogen (secondary N) is 1. The van der Waals surface area contributed by atoms with E-state index in [1.165, 1.54) is 0 Å². The van der Waals surface area contributed by atoms with Crippen molar-refractivity contribution in [2.24, 2.45) is 0 Å². The Balaban J connectivity index is 2.69. The van der Waals surface area contributed by atoms with Gasteiger partial charge in [-0.05, 0) is 40.2 Å². The molecule has 1 aromatic heterocycles. The van der Waals surface area contributed by atoms with Gasteiger partial charge in [0.05, 0.1) is 5.56 Å². The molecule has 0 saturated heterocycles. The van der Waals surface area contributed by atoms with Gasteiger partial charge in [0.1, 0.15) is 11.5 Å². The molecule has 0 aliphatic rings. The van der Waals surface area contributed by atoms with Gasteiger partial charge in [0.15, 0.2) is 0 Å². The molecule has 0 spiro atoms. The second kappa shape index (κ2) is 5.25. The van der Waals surface area contributed by atoms with Crippen LogP contribution in [0, 0.1) is 13.8 Å². The minimum atomic E-state index is -0.868. The number of furan rings is 1. The first-order chi connectivity index (χ1) is 8.21. The molecule has 1 rings (SSSR count). The highest BCUT2D eigenvalue weighted by Crippen LogP contribution is 2.17. The number of amides is 1. The van der Waals surface area contributed by atoms with Crippen molar-refractivity contribution in [3.8, 4) is 0 Å². The van der Waals surface area contributed by atoms with Gasteiger partial charge in [-0.1, -0.05) is 0 Å². The fourth-order valence-electron chi connectivity index (χ4n) is 1.71. The lowest BCUT2D eigenvalue weighted by Crippen LogP contribution is -2.43. The van der Waals surface area contributed by atoms with E-state index in [-0.39, 0.29) is 12.3 Å². The Morgan fingerprint density at radius 2 is 2.00 bits per heavy atom. The molecule has 0 aliphatic carbocycles. The van der Waals surface area contributed by atoms with Crippen molar-refractivity contribution in [1.29, 1.82) is 0 Å². The standard InChI is InChI=1S/C13H19NO4/c1-8-7-10(9(2)18-8)12(17)14-13(3,4)6-5-11(15)16/h7H,5-6H2,1-4H3,(H,14,17)(H,15,16). The maximum absolute atomic E-state index is 12.0. The molecule has 0 aliphatic heterocycles. The molecule has 5 nitrogen and oxygen atoms in total. The average Bonchev–Trinajstić information content (AvgIpc) is 2.54. The molecule has 18 heavy (non-hydrogen) atoms. The van der Waals surface area contributed by atoms with Crippen LogP contribution in [0.25, 0.3) is 0 Å². The Kier molecular flexibility index (Phi) is 4.16. The highest BCUT2D eigenvalue weighted by molar-refractivity contribution is 5.95. The Labute approximate surface area is 106 Å². The molecule has 1 aromatic rings. The lowest BCUT2D eigenvalue weighted by atomic mass is 9.98. The number of aliphatic carboxylic acids is 1. The monoisotopic (exact) mass is 253 g/mol. The Bertz CT molecular complexity index is 460. The largest absolute Gasteiger partial charge is 0.481 e. The summed E-state index contributed by atoms with van der Waals surface area (Å²) in [6.45, 7) is 7.11. The van der Waals surface area contributed by atoms with Crippen LogP contribution in [0.1, 0.15) is 48.6 Å². The molecule has 1 heterocycles. The smallest absolute Gasteiger partial charge is 0.303 e. The number of carboxylic acids is 1. The summed E-state index contributed by atoms with van der Waals surface area (Å²) < 4.78 is 5.29. The first kappa shape index (κ1) is 14.3. The summed E-state index contributed by atoms with van der Waals surface area (Å²) >= 11 is 0. The van der Waals surface area contributed by atoms with Crippen molar-refractivity contribution in [1.82, 2.24) is 5.32 Å². The minimum absolute atomic E-state index is 0.0245. The summed E-state index contributed by atoms with van der Waals surface area (Å²) in [5.74, 6) is 0.146. The van der Waals surface area contributed by atoms with Crippen molar-refractivity contribution < 1.29 is 19.1 Å². The molecule has 1 amide bonds. The van der Waals surface area contributed by atoms with Crippen LogP contribution in [0.2, 0.25) is 0 Å². The zero-order valence-corrected chi connectivity index (χ0v) is 11.2. The number of carbonyl (C=O) groups excluding carboxylic acids is 1. The van der Waals surface area contributed by atoms with Crippen LogP contribution in [0.3, 0.4) is 0 Å². The van der Waals surface area contributed by atoms with Gasteiger partial charge >= 0.3 is 5.97 Å². The maximum Gasteiger partial charge on any atom is 0.303 e. The summed E-state index contributed by atoms with van der Waals surface area (Å²) in [5.41, 5.74) is -0.0662. The molecule has 0 atom stereocenters. The van der Waals surface area contributed by atoms with Gasteiger partial charge in [-0.25, -0.2) is 0 Å². The summed E-state index contributed by atoms with van der Waals surface area (Å²) in [7, 11) is 0. The molecular formula is C13H19NO4. The van der Waals surface area contributed by atoms with E-state index in [0.29, 0.717) is 23.5 Å². The van der Waals surface area contributed by atoms with Crippen molar-refractivity contribution in [3.05, 3.63) is 23.2 Å². The molecule has 0 radical (unpaired) electrons. The van der Waals surface area contributed by atoms with E-state index in [0.717, 1.165) is 0 Å². The molecule has 0 unspecified atom stereocenters. The lowest BCUT2D eigenvalue weighted by molar-refractivity contribution is -0.137. The van der Waals surface area contributed by atoms with Crippen LogP contribution in [0.5, 0.6) is 0 Å². The quantitative estimate of drug-likeness (QED) is 0.843. The summed E-state index contributed by atoms with van der Waals surface area (Å²) in [4.78, 5) is 22.6. The van der Waals surface area contributed by atoms with Gasteiger partial charge in [-0.2, -0.15) is 0 Å². The van der Waals surface area contributed by atoms with Gasteiger partial charge in [0.25, 0.3) is 5.91 Å². The third kappa shape index (κ3) is 3.91. The minimum Gasteiger partial charge on any atom is -0.481 e. The highest BCUT2D eigenvalue weighted by atomic mass is 16.4. The number of hydrogen-bond acceptors (Lipinski definition) is 3. The molecule has 2 N–H and O–H groups in total. The summed E-state index contributed by atoms with van der Waals surface area (Å²) in [5, 5.41) is 11.5. The van der Waals surface area contributed by atoms with Gasteiger partial charge in [0, 0.05) is 12.0 Å². The van der Waals surface area contributed by atoms with E-state index < -0.39 is 11.5 Å². The fraction of sp³-hybridized carbons (Fsp3) is 0.538.